The Morgan fingerprint density at radius 1 is 1.00 bits per heavy atom. The topological polar surface area (TPSA) is 34.2 Å². The summed E-state index contributed by atoms with van der Waals surface area (Å²) in [7, 11) is 3.42. The molecular formula is C18H17NO2S. The third-order valence-electron chi connectivity index (χ3n) is 4.18. The molecule has 3 nitrogen and oxygen atoms in total. The molecule has 0 saturated carbocycles. The predicted molar refractivity (Wildman–Crippen MR) is 91.3 cm³/mol. The van der Waals surface area contributed by atoms with Crippen LogP contribution < -0.4 is 9.47 Å². The van der Waals surface area contributed by atoms with Crippen molar-refractivity contribution < 1.29 is 9.47 Å². The van der Waals surface area contributed by atoms with Crippen LogP contribution in [0.25, 0.3) is 22.2 Å². The number of nitrogens with one attached hydrogen (secondary N) is 1. The van der Waals surface area contributed by atoms with E-state index in [2.05, 4.69) is 29.2 Å². The van der Waals surface area contributed by atoms with Crippen molar-refractivity contribution in [1.29, 1.82) is 0 Å². The average Bonchev–Trinajstić information content (AvgIpc) is 2.82. The van der Waals surface area contributed by atoms with Crippen LogP contribution in [0.4, 0.5) is 0 Å². The maximum atomic E-state index is 5.38. The second-order valence-electron chi connectivity index (χ2n) is 5.35. The smallest absolute Gasteiger partial charge is 0.120 e. The summed E-state index contributed by atoms with van der Waals surface area (Å²) < 4.78 is 10.7. The summed E-state index contributed by atoms with van der Waals surface area (Å²) in [5.41, 5.74) is 5.03. The van der Waals surface area contributed by atoms with Crippen molar-refractivity contribution in [3.63, 3.8) is 0 Å². The van der Waals surface area contributed by atoms with Gasteiger partial charge < -0.3 is 14.5 Å². The standard InChI is InChI=1S/C18H17NO2S/c1-20-11-4-6-16-15(9-11)13-7-8-22-17-10-12(21-2)3-5-14(17)18(13)19-16/h3-6,9-10,19H,7-8H2,1-2H3. The molecule has 0 saturated heterocycles. The number of aromatic amines is 1. The van der Waals surface area contributed by atoms with Gasteiger partial charge in [0.15, 0.2) is 0 Å². The number of aryl methyl sites for hydroxylation is 1. The molecule has 0 fully saturated rings. The van der Waals surface area contributed by atoms with Gasteiger partial charge in [0.2, 0.25) is 0 Å². The number of benzene rings is 2. The number of thioether (sulfide) groups is 1. The van der Waals surface area contributed by atoms with Gasteiger partial charge in [0.05, 0.1) is 19.9 Å². The molecule has 0 spiro atoms. The van der Waals surface area contributed by atoms with Crippen LogP contribution in [-0.4, -0.2) is 25.0 Å². The van der Waals surface area contributed by atoms with Crippen molar-refractivity contribution in [2.24, 2.45) is 0 Å². The van der Waals surface area contributed by atoms with Crippen molar-refractivity contribution in [3.8, 4) is 22.8 Å². The molecule has 0 aliphatic carbocycles. The number of hydrogen-bond acceptors (Lipinski definition) is 3. The minimum atomic E-state index is 0.904. The summed E-state index contributed by atoms with van der Waals surface area (Å²) in [6.07, 6.45) is 1.05. The molecular weight excluding hydrogens is 294 g/mol. The number of rotatable bonds is 2. The van der Waals surface area contributed by atoms with Crippen LogP contribution in [0.1, 0.15) is 5.56 Å². The van der Waals surface area contributed by atoms with Crippen molar-refractivity contribution in [1.82, 2.24) is 4.98 Å². The van der Waals surface area contributed by atoms with Gasteiger partial charge in [-0.2, -0.15) is 0 Å². The van der Waals surface area contributed by atoms with Gasteiger partial charge in [-0.1, -0.05) is 0 Å². The normalized spacial score (nSPS) is 13.4. The third-order valence-corrected chi connectivity index (χ3v) is 5.24. The Bertz CT molecular complexity index is 854. The lowest BCUT2D eigenvalue weighted by Crippen LogP contribution is -1.87. The van der Waals surface area contributed by atoms with Gasteiger partial charge in [0, 0.05) is 27.1 Å². The molecule has 0 atom stereocenters. The number of aromatic nitrogens is 1. The zero-order valence-electron chi connectivity index (χ0n) is 12.6. The van der Waals surface area contributed by atoms with Crippen LogP contribution in [-0.2, 0) is 6.42 Å². The highest BCUT2D eigenvalue weighted by molar-refractivity contribution is 7.99. The lowest BCUT2D eigenvalue weighted by Gasteiger charge is -2.07. The van der Waals surface area contributed by atoms with Gasteiger partial charge in [0.25, 0.3) is 0 Å². The number of hydrogen-bond donors (Lipinski definition) is 1. The van der Waals surface area contributed by atoms with E-state index in [0.29, 0.717) is 0 Å². The highest BCUT2D eigenvalue weighted by atomic mass is 32.2. The van der Waals surface area contributed by atoms with Crippen LogP contribution in [0.15, 0.2) is 41.3 Å². The molecule has 2 heterocycles. The van der Waals surface area contributed by atoms with Crippen LogP contribution in [0, 0.1) is 0 Å². The van der Waals surface area contributed by atoms with E-state index in [0.717, 1.165) is 23.7 Å². The lowest BCUT2D eigenvalue weighted by atomic mass is 10.0. The zero-order chi connectivity index (χ0) is 15.1. The minimum Gasteiger partial charge on any atom is -0.497 e. The van der Waals surface area contributed by atoms with Crippen molar-refractivity contribution in [3.05, 3.63) is 42.0 Å². The molecule has 112 valence electrons. The summed E-state index contributed by atoms with van der Waals surface area (Å²) in [5, 5.41) is 1.26. The Balaban J connectivity index is 1.96. The first-order chi connectivity index (χ1) is 10.8. The quantitative estimate of drug-likeness (QED) is 0.756. The van der Waals surface area contributed by atoms with E-state index in [1.54, 1.807) is 14.2 Å². The van der Waals surface area contributed by atoms with Gasteiger partial charge in [0.1, 0.15) is 11.5 Å². The Morgan fingerprint density at radius 2 is 1.77 bits per heavy atom. The summed E-state index contributed by atoms with van der Waals surface area (Å²) in [6, 6.07) is 12.5. The Kier molecular flexibility index (Phi) is 3.26. The SMILES string of the molecule is COc1ccc2c(c1)SCCc1c-2[nH]c2ccc(OC)cc12. The van der Waals surface area contributed by atoms with E-state index in [1.165, 1.54) is 32.6 Å². The average molecular weight is 311 g/mol. The molecule has 0 unspecified atom stereocenters. The Hall–Kier alpha value is -2.07. The first-order valence-corrected chi connectivity index (χ1v) is 8.28. The lowest BCUT2D eigenvalue weighted by molar-refractivity contribution is 0.414. The van der Waals surface area contributed by atoms with Crippen LogP contribution in [0.3, 0.4) is 0 Å². The Labute approximate surface area is 133 Å². The molecule has 1 aromatic heterocycles. The van der Waals surface area contributed by atoms with E-state index < -0.39 is 0 Å². The molecule has 22 heavy (non-hydrogen) atoms. The van der Waals surface area contributed by atoms with Crippen molar-refractivity contribution in [2.45, 2.75) is 11.3 Å². The van der Waals surface area contributed by atoms with Gasteiger partial charge >= 0.3 is 0 Å². The second kappa shape index (κ2) is 5.29. The molecule has 1 aliphatic rings. The van der Waals surface area contributed by atoms with E-state index in [9.17, 15) is 0 Å². The first-order valence-electron chi connectivity index (χ1n) is 7.30. The van der Waals surface area contributed by atoms with E-state index in [-0.39, 0.29) is 0 Å². The summed E-state index contributed by atoms with van der Waals surface area (Å²) in [4.78, 5) is 4.87. The number of H-pyrrole nitrogens is 1. The fraction of sp³-hybridized carbons (Fsp3) is 0.222. The monoisotopic (exact) mass is 311 g/mol. The molecule has 0 radical (unpaired) electrons. The molecule has 4 rings (SSSR count). The highest BCUT2D eigenvalue weighted by Crippen LogP contribution is 2.42. The van der Waals surface area contributed by atoms with Crippen molar-refractivity contribution in [2.75, 3.05) is 20.0 Å². The van der Waals surface area contributed by atoms with E-state index >= 15 is 0 Å². The van der Waals surface area contributed by atoms with Gasteiger partial charge in [-0.25, -0.2) is 0 Å². The molecule has 2 aromatic carbocycles. The fourth-order valence-corrected chi connectivity index (χ4v) is 4.11. The summed E-state index contributed by atoms with van der Waals surface area (Å²) in [6.45, 7) is 0. The van der Waals surface area contributed by atoms with Gasteiger partial charge in [-0.15, -0.1) is 11.8 Å². The largest absolute Gasteiger partial charge is 0.497 e. The van der Waals surface area contributed by atoms with Crippen LogP contribution in [0.5, 0.6) is 11.5 Å². The van der Waals surface area contributed by atoms with Gasteiger partial charge in [-0.05, 0) is 48.4 Å². The maximum Gasteiger partial charge on any atom is 0.120 e. The maximum absolute atomic E-state index is 5.38. The molecule has 4 heteroatoms. The number of fused-ring (bicyclic) bond motifs is 5. The van der Waals surface area contributed by atoms with E-state index in [4.69, 9.17) is 9.47 Å². The van der Waals surface area contributed by atoms with E-state index in [1.807, 2.05) is 23.9 Å². The molecule has 3 aromatic rings. The fourth-order valence-electron chi connectivity index (χ4n) is 3.06. The van der Waals surface area contributed by atoms with Gasteiger partial charge in [-0.3, -0.25) is 0 Å². The Morgan fingerprint density at radius 3 is 2.59 bits per heavy atom. The van der Waals surface area contributed by atoms with Crippen molar-refractivity contribution >= 4 is 22.7 Å². The van der Waals surface area contributed by atoms with Crippen LogP contribution >= 0.6 is 11.8 Å². The van der Waals surface area contributed by atoms with Crippen LogP contribution in [0.2, 0.25) is 0 Å². The first kappa shape index (κ1) is 13.6. The summed E-state index contributed by atoms with van der Waals surface area (Å²) >= 11 is 1.89. The molecule has 0 amide bonds. The number of methoxy groups -OCH3 is 2. The second-order valence-corrected chi connectivity index (χ2v) is 6.49. The molecule has 1 aliphatic heterocycles. The minimum absolute atomic E-state index is 0.904. The summed E-state index contributed by atoms with van der Waals surface area (Å²) in [5.74, 6) is 2.88. The third kappa shape index (κ3) is 2.06. The molecule has 0 bridgehead atoms. The number of ether oxygens (including phenoxy) is 2. The highest BCUT2D eigenvalue weighted by Gasteiger charge is 2.20. The predicted octanol–water partition coefficient (Wildman–Crippen LogP) is 4.50. The zero-order valence-corrected chi connectivity index (χ0v) is 13.4. The molecule has 1 N–H and O–H groups in total.